The van der Waals surface area contributed by atoms with Gasteiger partial charge in [-0.3, -0.25) is 4.99 Å². The highest BCUT2D eigenvalue weighted by atomic mass is 35.5. The van der Waals surface area contributed by atoms with E-state index in [1.54, 1.807) is 7.11 Å². The molecule has 0 saturated carbocycles. The monoisotopic (exact) mass is 342 g/mol. The summed E-state index contributed by atoms with van der Waals surface area (Å²) in [4.78, 5) is 7.61. The van der Waals surface area contributed by atoms with E-state index in [4.69, 9.17) is 22.1 Å². The number of benzene rings is 2. The lowest BCUT2D eigenvalue weighted by Crippen LogP contribution is -2.23. The number of nitrogens with one attached hydrogen (secondary N) is 2. The van der Waals surface area contributed by atoms with Crippen LogP contribution in [0.5, 0.6) is 5.75 Å². The van der Waals surface area contributed by atoms with Crippen LogP contribution in [0.25, 0.3) is 10.9 Å². The van der Waals surface area contributed by atoms with E-state index in [0.717, 1.165) is 33.8 Å². The molecule has 3 aromatic rings. The second-order valence-electron chi connectivity index (χ2n) is 5.37. The summed E-state index contributed by atoms with van der Waals surface area (Å²) in [5.41, 5.74) is 9.05. The molecule has 1 aromatic heterocycles. The smallest absolute Gasteiger partial charge is 0.193 e. The molecule has 0 atom stereocenters. The number of hydrogen-bond acceptors (Lipinski definition) is 2. The molecule has 2 aromatic carbocycles. The van der Waals surface area contributed by atoms with E-state index >= 15 is 0 Å². The van der Waals surface area contributed by atoms with Gasteiger partial charge in [-0.15, -0.1) is 0 Å². The van der Waals surface area contributed by atoms with Gasteiger partial charge in [0.25, 0.3) is 0 Å². The number of guanidine groups is 1. The average Bonchev–Trinajstić information content (AvgIpc) is 2.98. The number of anilines is 1. The minimum absolute atomic E-state index is 0.387. The molecular weight excluding hydrogens is 324 g/mol. The standard InChI is InChI=1S/C18H19ClN4O/c1-24-15-5-3-14(4-6-15)23-18(20)21-9-8-12-11-22-17-7-2-13(19)10-16(12)17/h2-7,10-11,22H,8-9H2,1H3,(H3,20,21,23). The molecule has 3 rings (SSSR count). The van der Waals surface area contributed by atoms with Crippen LogP contribution in [0.1, 0.15) is 5.56 Å². The van der Waals surface area contributed by atoms with Crippen molar-refractivity contribution in [2.45, 2.75) is 6.42 Å². The SMILES string of the molecule is COc1ccc(NC(N)=NCCc2c[nH]c3ccc(Cl)cc23)cc1. The number of rotatable bonds is 5. The second-order valence-corrected chi connectivity index (χ2v) is 5.81. The Bertz CT molecular complexity index is 855. The van der Waals surface area contributed by atoms with Gasteiger partial charge in [0.2, 0.25) is 0 Å². The Morgan fingerprint density at radius 2 is 2.04 bits per heavy atom. The summed E-state index contributed by atoms with van der Waals surface area (Å²) in [6.45, 7) is 0.592. The van der Waals surface area contributed by atoms with Gasteiger partial charge < -0.3 is 20.8 Å². The first-order valence-corrected chi connectivity index (χ1v) is 8.00. The molecule has 0 aliphatic heterocycles. The molecule has 0 amide bonds. The van der Waals surface area contributed by atoms with Crippen LogP contribution in [0.3, 0.4) is 0 Å². The van der Waals surface area contributed by atoms with E-state index in [2.05, 4.69) is 15.3 Å². The van der Waals surface area contributed by atoms with E-state index in [1.165, 1.54) is 5.56 Å². The fraction of sp³-hybridized carbons (Fsp3) is 0.167. The first-order chi connectivity index (χ1) is 11.7. The third-order valence-corrected chi connectivity index (χ3v) is 3.99. The van der Waals surface area contributed by atoms with Gasteiger partial charge >= 0.3 is 0 Å². The minimum atomic E-state index is 0.387. The van der Waals surface area contributed by atoms with Crippen molar-refractivity contribution >= 4 is 34.2 Å². The van der Waals surface area contributed by atoms with Gasteiger partial charge in [-0.05, 0) is 54.4 Å². The molecule has 1 heterocycles. The van der Waals surface area contributed by atoms with Crippen molar-refractivity contribution < 1.29 is 4.74 Å². The maximum Gasteiger partial charge on any atom is 0.193 e. The Labute approximate surface area is 145 Å². The highest BCUT2D eigenvalue weighted by Gasteiger charge is 2.04. The summed E-state index contributed by atoms with van der Waals surface area (Å²) in [5, 5.41) is 4.92. The third kappa shape index (κ3) is 3.81. The molecule has 0 spiro atoms. The molecule has 0 bridgehead atoms. The van der Waals surface area contributed by atoms with E-state index < -0.39 is 0 Å². The fourth-order valence-corrected chi connectivity index (χ4v) is 2.69. The topological polar surface area (TPSA) is 75.4 Å². The van der Waals surface area contributed by atoms with Crippen LogP contribution < -0.4 is 15.8 Å². The van der Waals surface area contributed by atoms with Crippen LogP contribution in [0, 0.1) is 0 Å². The quantitative estimate of drug-likeness (QED) is 0.487. The Morgan fingerprint density at radius 1 is 1.25 bits per heavy atom. The molecule has 0 aliphatic rings. The molecule has 4 N–H and O–H groups in total. The first kappa shape index (κ1) is 16.2. The summed E-state index contributed by atoms with van der Waals surface area (Å²) in [6, 6.07) is 13.3. The van der Waals surface area contributed by atoms with Gasteiger partial charge in [0.15, 0.2) is 5.96 Å². The number of aromatic nitrogens is 1. The zero-order valence-electron chi connectivity index (χ0n) is 13.3. The summed E-state index contributed by atoms with van der Waals surface area (Å²) in [6.07, 6.45) is 2.77. The van der Waals surface area contributed by atoms with Crippen molar-refractivity contribution in [2.24, 2.45) is 10.7 Å². The molecule has 124 valence electrons. The van der Waals surface area contributed by atoms with Gasteiger partial charge in [0.1, 0.15) is 5.75 Å². The van der Waals surface area contributed by atoms with Crippen molar-refractivity contribution in [3.05, 3.63) is 59.2 Å². The molecule has 24 heavy (non-hydrogen) atoms. The van der Waals surface area contributed by atoms with Crippen molar-refractivity contribution in [1.82, 2.24) is 4.98 Å². The number of fused-ring (bicyclic) bond motifs is 1. The Kier molecular flexibility index (Phi) is 4.91. The largest absolute Gasteiger partial charge is 0.497 e. The van der Waals surface area contributed by atoms with Gasteiger partial charge in [-0.1, -0.05) is 11.6 Å². The van der Waals surface area contributed by atoms with Crippen molar-refractivity contribution in [2.75, 3.05) is 19.0 Å². The summed E-state index contributed by atoms with van der Waals surface area (Å²) < 4.78 is 5.12. The van der Waals surface area contributed by atoms with Crippen LogP contribution in [-0.2, 0) is 6.42 Å². The van der Waals surface area contributed by atoms with E-state index in [9.17, 15) is 0 Å². The fourth-order valence-electron chi connectivity index (χ4n) is 2.52. The number of aromatic amines is 1. The summed E-state index contributed by atoms with van der Waals surface area (Å²) in [7, 11) is 1.64. The third-order valence-electron chi connectivity index (χ3n) is 3.76. The molecule has 0 unspecified atom stereocenters. The lowest BCUT2D eigenvalue weighted by atomic mass is 10.1. The van der Waals surface area contributed by atoms with Crippen LogP contribution in [0.4, 0.5) is 5.69 Å². The molecular formula is C18H19ClN4O. The zero-order valence-corrected chi connectivity index (χ0v) is 14.1. The van der Waals surface area contributed by atoms with Crippen molar-refractivity contribution in [3.8, 4) is 5.75 Å². The highest BCUT2D eigenvalue weighted by Crippen LogP contribution is 2.22. The molecule has 0 aliphatic carbocycles. The maximum atomic E-state index is 6.06. The number of halogens is 1. The molecule has 5 nitrogen and oxygen atoms in total. The molecule has 0 radical (unpaired) electrons. The van der Waals surface area contributed by atoms with Crippen LogP contribution >= 0.6 is 11.6 Å². The first-order valence-electron chi connectivity index (χ1n) is 7.62. The number of nitrogens with zero attached hydrogens (tertiary/aromatic N) is 1. The summed E-state index contributed by atoms with van der Waals surface area (Å²) in [5.74, 6) is 1.19. The van der Waals surface area contributed by atoms with E-state index in [1.807, 2.05) is 48.7 Å². The normalized spacial score (nSPS) is 11.7. The number of hydrogen-bond donors (Lipinski definition) is 3. The predicted octanol–water partition coefficient (Wildman–Crippen LogP) is 3.80. The number of aliphatic imine (C=N–C) groups is 1. The Balaban J connectivity index is 1.61. The minimum Gasteiger partial charge on any atom is -0.497 e. The second kappa shape index (κ2) is 7.27. The summed E-state index contributed by atoms with van der Waals surface area (Å²) >= 11 is 6.06. The van der Waals surface area contributed by atoms with E-state index in [-0.39, 0.29) is 0 Å². The predicted molar refractivity (Wildman–Crippen MR) is 100 cm³/mol. The van der Waals surface area contributed by atoms with E-state index in [0.29, 0.717) is 12.5 Å². The van der Waals surface area contributed by atoms with Crippen LogP contribution in [0.15, 0.2) is 53.7 Å². The number of ether oxygens (including phenoxy) is 1. The maximum absolute atomic E-state index is 6.06. The molecule has 6 heteroatoms. The van der Waals surface area contributed by atoms with Crippen LogP contribution in [-0.4, -0.2) is 24.6 Å². The highest BCUT2D eigenvalue weighted by molar-refractivity contribution is 6.31. The van der Waals surface area contributed by atoms with Gasteiger partial charge in [0.05, 0.1) is 7.11 Å². The molecule has 0 fully saturated rings. The molecule has 0 saturated heterocycles. The zero-order chi connectivity index (χ0) is 16.9. The van der Waals surface area contributed by atoms with Crippen molar-refractivity contribution in [3.63, 3.8) is 0 Å². The number of H-pyrrole nitrogens is 1. The Hall–Kier alpha value is -2.66. The van der Waals surface area contributed by atoms with Crippen molar-refractivity contribution in [1.29, 1.82) is 0 Å². The lowest BCUT2D eigenvalue weighted by molar-refractivity contribution is 0.415. The Morgan fingerprint density at radius 3 is 2.79 bits per heavy atom. The van der Waals surface area contributed by atoms with Crippen LogP contribution in [0.2, 0.25) is 5.02 Å². The number of methoxy groups -OCH3 is 1. The van der Waals surface area contributed by atoms with Gasteiger partial charge in [-0.2, -0.15) is 0 Å². The lowest BCUT2D eigenvalue weighted by Gasteiger charge is -2.06. The average molecular weight is 343 g/mol. The van der Waals surface area contributed by atoms with Gasteiger partial charge in [0, 0.05) is 34.4 Å². The van der Waals surface area contributed by atoms with Gasteiger partial charge in [-0.25, -0.2) is 0 Å². The number of nitrogens with two attached hydrogens (primary N) is 1.